The zero-order valence-electron chi connectivity index (χ0n) is 17.7. The average Bonchev–Trinajstić information content (AvgIpc) is 2.59. The van der Waals surface area contributed by atoms with Gasteiger partial charge in [-0.25, -0.2) is 9.59 Å². The third kappa shape index (κ3) is 5.79. The maximum Gasteiger partial charge on any atom is 0.338 e. The summed E-state index contributed by atoms with van der Waals surface area (Å²) < 4.78 is 16.9. The van der Waals surface area contributed by atoms with E-state index >= 15 is 0 Å². The molecule has 0 radical (unpaired) electrons. The maximum atomic E-state index is 12.7. The quantitative estimate of drug-likeness (QED) is 0.606. The van der Waals surface area contributed by atoms with Gasteiger partial charge in [-0.3, -0.25) is 0 Å². The minimum Gasteiger partial charge on any atom is -0.490 e. The first-order valence-corrected chi connectivity index (χ1v) is 10.1. The first-order chi connectivity index (χ1) is 13.6. The van der Waals surface area contributed by atoms with Gasteiger partial charge in [0.15, 0.2) is 11.5 Å². The van der Waals surface area contributed by atoms with Crippen LogP contribution in [0.2, 0.25) is 5.02 Å². The molecule has 2 rings (SSSR count). The van der Waals surface area contributed by atoms with Crippen molar-refractivity contribution >= 4 is 23.6 Å². The van der Waals surface area contributed by atoms with Gasteiger partial charge in [-0.1, -0.05) is 25.4 Å². The minimum atomic E-state index is -0.731. The monoisotopic (exact) mass is 424 g/mol. The van der Waals surface area contributed by atoms with Gasteiger partial charge in [-0.2, -0.15) is 0 Å². The number of halogens is 1. The number of carbonyl (C=O) groups is 2. The summed E-state index contributed by atoms with van der Waals surface area (Å²) in [6.07, 6.45) is -0.296. The van der Waals surface area contributed by atoms with Crippen molar-refractivity contribution in [1.82, 2.24) is 10.6 Å². The van der Waals surface area contributed by atoms with E-state index < -0.39 is 18.0 Å². The summed E-state index contributed by atoms with van der Waals surface area (Å²) in [5.74, 6) is 0.701. The van der Waals surface area contributed by atoms with Crippen molar-refractivity contribution in [2.24, 2.45) is 5.92 Å². The molecule has 1 aromatic rings. The largest absolute Gasteiger partial charge is 0.490 e. The predicted octanol–water partition coefficient (Wildman–Crippen LogP) is 4.35. The van der Waals surface area contributed by atoms with E-state index in [2.05, 4.69) is 10.6 Å². The highest BCUT2D eigenvalue weighted by Crippen LogP contribution is 2.40. The minimum absolute atomic E-state index is 0.296. The van der Waals surface area contributed by atoms with E-state index in [9.17, 15) is 9.59 Å². The number of allylic oxidation sites excluding steroid dienone is 1. The van der Waals surface area contributed by atoms with E-state index in [0.717, 1.165) is 0 Å². The van der Waals surface area contributed by atoms with Crippen LogP contribution in [0.1, 0.15) is 53.1 Å². The maximum absolute atomic E-state index is 12.7. The molecule has 7 nitrogen and oxygen atoms in total. The summed E-state index contributed by atoms with van der Waals surface area (Å²) >= 11 is 6.49. The molecule has 1 aliphatic rings. The number of carbonyl (C=O) groups excluding carboxylic acids is 2. The van der Waals surface area contributed by atoms with Gasteiger partial charge in [-0.05, 0) is 51.3 Å². The fourth-order valence-electron chi connectivity index (χ4n) is 2.90. The smallest absolute Gasteiger partial charge is 0.338 e. The SMILES string of the molecule is CCOc1cc(C2NC(=O)NC(C)=C2C(=O)OC(C)C)cc(Cl)c1OCC(C)C. The van der Waals surface area contributed by atoms with E-state index in [4.69, 9.17) is 25.8 Å². The third-order valence-corrected chi connectivity index (χ3v) is 4.34. The Morgan fingerprint density at radius 1 is 1.21 bits per heavy atom. The molecule has 2 N–H and O–H groups in total. The van der Waals surface area contributed by atoms with Crippen molar-refractivity contribution < 1.29 is 23.8 Å². The van der Waals surface area contributed by atoms with Crippen molar-refractivity contribution in [3.05, 3.63) is 34.0 Å². The molecular formula is C21H29ClN2O5. The molecule has 1 aliphatic heterocycles. The van der Waals surface area contributed by atoms with Gasteiger partial charge in [-0.15, -0.1) is 0 Å². The van der Waals surface area contributed by atoms with Crippen LogP contribution in [0.25, 0.3) is 0 Å². The number of nitrogens with one attached hydrogen (secondary N) is 2. The zero-order chi connectivity index (χ0) is 21.7. The highest BCUT2D eigenvalue weighted by Gasteiger charge is 2.33. The molecule has 0 fully saturated rings. The number of benzene rings is 1. The van der Waals surface area contributed by atoms with Crippen LogP contribution in [0, 0.1) is 5.92 Å². The molecule has 0 aliphatic carbocycles. The van der Waals surface area contributed by atoms with Gasteiger partial charge < -0.3 is 24.8 Å². The fourth-order valence-corrected chi connectivity index (χ4v) is 3.17. The highest BCUT2D eigenvalue weighted by atomic mass is 35.5. The van der Waals surface area contributed by atoms with E-state index in [-0.39, 0.29) is 6.10 Å². The average molecular weight is 425 g/mol. The normalized spacial score (nSPS) is 16.6. The standard InChI is InChI=1S/C21H29ClN2O5/c1-7-27-16-9-14(8-15(22)19(16)28-10-11(2)3)18-17(20(25)29-12(4)5)13(6)23-21(26)24-18/h8-9,11-12,18H,7,10H2,1-6H3,(H2,23,24,26). The molecule has 1 atom stereocenters. The van der Waals surface area contributed by atoms with Crippen LogP contribution < -0.4 is 20.1 Å². The van der Waals surface area contributed by atoms with Crippen LogP contribution in [0.15, 0.2) is 23.4 Å². The molecule has 160 valence electrons. The second-order valence-corrected chi connectivity index (χ2v) is 7.90. The van der Waals surface area contributed by atoms with Crippen LogP contribution in [0.5, 0.6) is 11.5 Å². The van der Waals surface area contributed by atoms with E-state index in [1.165, 1.54) is 0 Å². The van der Waals surface area contributed by atoms with E-state index in [1.807, 2.05) is 20.8 Å². The Morgan fingerprint density at radius 3 is 2.48 bits per heavy atom. The van der Waals surface area contributed by atoms with E-state index in [0.29, 0.717) is 52.5 Å². The number of rotatable bonds is 8. The Kier molecular flexibility index (Phi) is 7.79. The first kappa shape index (κ1) is 22.9. The molecule has 2 amide bonds. The lowest BCUT2D eigenvalue weighted by atomic mass is 9.95. The summed E-state index contributed by atoms with van der Waals surface area (Å²) in [6.45, 7) is 12.0. The number of ether oxygens (including phenoxy) is 3. The van der Waals surface area contributed by atoms with Gasteiger partial charge >= 0.3 is 12.0 Å². The van der Waals surface area contributed by atoms with E-state index in [1.54, 1.807) is 32.9 Å². The van der Waals surface area contributed by atoms with Crippen LogP contribution in [-0.2, 0) is 9.53 Å². The lowest BCUT2D eigenvalue weighted by Crippen LogP contribution is -2.45. The van der Waals surface area contributed by atoms with Gasteiger partial charge in [0.25, 0.3) is 0 Å². The Balaban J connectivity index is 2.50. The van der Waals surface area contributed by atoms with Crippen molar-refractivity contribution in [3.63, 3.8) is 0 Å². The molecule has 8 heteroatoms. The Morgan fingerprint density at radius 2 is 1.90 bits per heavy atom. The lowest BCUT2D eigenvalue weighted by molar-refractivity contribution is -0.143. The van der Waals surface area contributed by atoms with Gasteiger partial charge in [0.05, 0.1) is 36.0 Å². The summed E-state index contributed by atoms with van der Waals surface area (Å²) in [6, 6.07) is 2.26. The molecule has 29 heavy (non-hydrogen) atoms. The van der Waals surface area contributed by atoms with Crippen molar-refractivity contribution in [3.8, 4) is 11.5 Å². The summed E-state index contributed by atoms with van der Waals surface area (Å²) in [5, 5.41) is 5.73. The van der Waals surface area contributed by atoms with Gasteiger partial charge in [0.2, 0.25) is 0 Å². The number of amides is 2. The molecule has 1 unspecified atom stereocenters. The van der Waals surface area contributed by atoms with Crippen LogP contribution in [0.4, 0.5) is 4.79 Å². The molecule has 0 saturated heterocycles. The second-order valence-electron chi connectivity index (χ2n) is 7.49. The Bertz CT molecular complexity index is 805. The van der Waals surface area contributed by atoms with Crippen molar-refractivity contribution in [2.75, 3.05) is 13.2 Å². The number of hydrogen-bond acceptors (Lipinski definition) is 5. The molecule has 0 spiro atoms. The summed E-state index contributed by atoms with van der Waals surface area (Å²) in [7, 11) is 0. The molecule has 0 saturated carbocycles. The molecule has 0 bridgehead atoms. The van der Waals surface area contributed by atoms with Crippen LogP contribution >= 0.6 is 11.6 Å². The van der Waals surface area contributed by atoms with Crippen molar-refractivity contribution in [1.29, 1.82) is 0 Å². The number of urea groups is 1. The lowest BCUT2D eigenvalue weighted by Gasteiger charge is -2.29. The summed E-state index contributed by atoms with van der Waals surface area (Å²) in [4.78, 5) is 24.8. The zero-order valence-corrected chi connectivity index (χ0v) is 18.5. The second kappa shape index (κ2) is 9.87. The van der Waals surface area contributed by atoms with Gasteiger partial charge in [0.1, 0.15) is 0 Å². The molecule has 0 aromatic heterocycles. The fraction of sp³-hybridized carbons (Fsp3) is 0.524. The molecule has 1 aromatic carbocycles. The molecule has 1 heterocycles. The Labute approximate surface area is 176 Å². The topological polar surface area (TPSA) is 85.9 Å². The van der Waals surface area contributed by atoms with Crippen LogP contribution in [0.3, 0.4) is 0 Å². The van der Waals surface area contributed by atoms with Crippen molar-refractivity contribution in [2.45, 2.75) is 53.7 Å². The predicted molar refractivity (Wildman–Crippen MR) is 111 cm³/mol. The first-order valence-electron chi connectivity index (χ1n) is 9.72. The van der Waals surface area contributed by atoms with Gasteiger partial charge in [0, 0.05) is 5.70 Å². The highest BCUT2D eigenvalue weighted by molar-refractivity contribution is 6.32. The number of esters is 1. The van der Waals surface area contributed by atoms with Crippen LogP contribution in [-0.4, -0.2) is 31.3 Å². The third-order valence-electron chi connectivity index (χ3n) is 4.06. The Hall–Kier alpha value is -2.41. The number of hydrogen-bond donors (Lipinski definition) is 2. The summed E-state index contributed by atoms with van der Waals surface area (Å²) in [5.41, 5.74) is 1.34. The molecular weight excluding hydrogens is 396 g/mol.